The quantitative estimate of drug-likeness (QED) is 0.749. The van der Waals surface area contributed by atoms with Crippen LogP contribution in [0.1, 0.15) is 29.2 Å². The molecule has 1 fully saturated rings. The summed E-state index contributed by atoms with van der Waals surface area (Å²) >= 11 is 6.06. The average molecular weight is 383 g/mol. The number of piperidine rings is 1. The first-order valence-electron chi connectivity index (χ1n) is 8.79. The second-order valence-corrected chi connectivity index (χ2v) is 6.99. The second-order valence-electron chi connectivity index (χ2n) is 6.55. The first-order chi connectivity index (χ1) is 13.1. The summed E-state index contributed by atoms with van der Waals surface area (Å²) in [5, 5.41) is 9.27. The second kappa shape index (κ2) is 7.36. The number of anilines is 1. The van der Waals surface area contributed by atoms with Crippen LogP contribution in [0.2, 0.25) is 5.02 Å². The molecule has 27 heavy (non-hydrogen) atoms. The minimum atomic E-state index is -0.456. The number of benzene rings is 1. The van der Waals surface area contributed by atoms with Crippen LogP contribution in [0.4, 0.5) is 5.82 Å². The van der Waals surface area contributed by atoms with E-state index in [4.69, 9.17) is 17.3 Å². The van der Waals surface area contributed by atoms with Crippen molar-refractivity contribution in [1.82, 2.24) is 20.0 Å². The minimum Gasteiger partial charge on any atom is -0.365 e. The fourth-order valence-corrected chi connectivity index (χ4v) is 3.61. The summed E-state index contributed by atoms with van der Waals surface area (Å²) in [5.41, 5.74) is 7.69. The number of hydrogen-bond acceptors (Lipinski definition) is 5. The largest absolute Gasteiger partial charge is 0.365 e. The molecule has 0 saturated carbocycles. The lowest BCUT2D eigenvalue weighted by molar-refractivity contribution is 0.100. The van der Waals surface area contributed by atoms with E-state index < -0.39 is 5.91 Å². The zero-order valence-corrected chi connectivity index (χ0v) is 15.4. The molecule has 8 heteroatoms. The topological polar surface area (TPSA) is 89.9 Å². The maximum Gasteiger partial charge on any atom is 0.252 e. The molecule has 0 bridgehead atoms. The molecule has 1 aliphatic rings. The Kier molecular flexibility index (Phi) is 4.77. The third-order valence-corrected chi connectivity index (χ3v) is 5.06. The number of pyridine rings is 1. The van der Waals surface area contributed by atoms with Gasteiger partial charge in [0.15, 0.2) is 0 Å². The van der Waals surface area contributed by atoms with Crippen LogP contribution in [-0.4, -0.2) is 39.0 Å². The van der Waals surface area contributed by atoms with Crippen molar-refractivity contribution in [1.29, 1.82) is 0 Å². The van der Waals surface area contributed by atoms with Crippen molar-refractivity contribution in [3.63, 3.8) is 0 Å². The predicted octanol–water partition coefficient (Wildman–Crippen LogP) is 2.93. The van der Waals surface area contributed by atoms with Crippen LogP contribution < -0.4 is 10.6 Å². The standard InChI is InChI=1S/C19H19ClN6O/c20-14-4-1-3-13(11-14)17-12-26(24-23-17)15-6-9-25(10-7-15)19-16(18(21)27)5-2-8-22-19/h1-5,8,11-12,15H,6-7,9-10H2,(H2,21,27). The van der Waals surface area contributed by atoms with E-state index in [-0.39, 0.29) is 6.04 Å². The van der Waals surface area contributed by atoms with Gasteiger partial charge in [0.05, 0.1) is 17.8 Å². The molecular formula is C19H19ClN6O. The lowest BCUT2D eigenvalue weighted by Gasteiger charge is -2.33. The Morgan fingerprint density at radius 1 is 1.19 bits per heavy atom. The summed E-state index contributed by atoms with van der Waals surface area (Å²) in [5.74, 6) is 0.198. The van der Waals surface area contributed by atoms with Crippen molar-refractivity contribution < 1.29 is 4.79 Å². The number of aromatic nitrogens is 4. The van der Waals surface area contributed by atoms with Crippen molar-refractivity contribution >= 4 is 23.3 Å². The summed E-state index contributed by atoms with van der Waals surface area (Å²) < 4.78 is 1.92. The summed E-state index contributed by atoms with van der Waals surface area (Å²) in [7, 11) is 0. The molecule has 0 spiro atoms. The van der Waals surface area contributed by atoms with Gasteiger partial charge in [-0.3, -0.25) is 4.79 Å². The number of nitrogens with two attached hydrogens (primary N) is 1. The van der Waals surface area contributed by atoms with Gasteiger partial charge in [-0.25, -0.2) is 9.67 Å². The van der Waals surface area contributed by atoms with Crippen LogP contribution in [0.15, 0.2) is 48.8 Å². The van der Waals surface area contributed by atoms with Crippen LogP contribution in [0, 0.1) is 0 Å². The number of hydrogen-bond donors (Lipinski definition) is 1. The highest BCUT2D eigenvalue weighted by atomic mass is 35.5. The molecule has 0 aliphatic carbocycles. The van der Waals surface area contributed by atoms with E-state index in [1.807, 2.05) is 35.1 Å². The van der Waals surface area contributed by atoms with Crippen LogP contribution in [-0.2, 0) is 0 Å². The van der Waals surface area contributed by atoms with Gasteiger partial charge in [0.2, 0.25) is 0 Å². The number of rotatable bonds is 4. The normalized spacial score (nSPS) is 15.1. The van der Waals surface area contributed by atoms with E-state index in [1.54, 1.807) is 18.3 Å². The molecule has 1 saturated heterocycles. The highest BCUT2D eigenvalue weighted by molar-refractivity contribution is 6.30. The van der Waals surface area contributed by atoms with Crippen molar-refractivity contribution in [2.75, 3.05) is 18.0 Å². The molecule has 1 amide bonds. The van der Waals surface area contributed by atoms with E-state index in [0.717, 1.165) is 37.2 Å². The van der Waals surface area contributed by atoms with Gasteiger partial charge in [0.25, 0.3) is 5.91 Å². The molecule has 1 aliphatic heterocycles. The molecule has 7 nitrogen and oxygen atoms in total. The van der Waals surface area contributed by atoms with Gasteiger partial charge in [-0.15, -0.1) is 5.10 Å². The first-order valence-corrected chi connectivity index (χ1v) is 9.17. The number of carbonyl (C=O) groups excluding carboxylic acids is 1. The zero-order valence-electron chi connectivity index (χ0n) is 14.6. The van der Waals surface area contributed by atoms with E-state index in [0.29, 0.717) is 16.4 Å². The Hall–Kier alpha value is -2.93. The summed E-state index contributed by atoms with van der Waals surface area (Å²) in [6, 6.07) is 11.3. The van der Waals surface area contributed by atoms with Gasteiger partial charge >= 0.3 is 0 Å². The average Bonchev–Trinajstić information content (AvgIpc) is 3.18. The van der Waals surface area contributed by atoms with Crippen LogP contribution in [0.25, 0.3) is 11.3 Å². The molecule has 2 N–H and O–H groups in total. The lowest BCUT2D eigenvalue weighted by atomic mass is 10.0. The van der Waals surface area contributed by atoms with Crippen molar-refractivity contribution in [3.8, 4) is 11.3 Å². The molecular weight excluding hydrogens is 364 g/mol. The van der Waals surface area contributed by atoms with Crippen LogP contribution >= 0.6 is 11.6 Å². The maximum absolute atomic E-state index is 11.6. The highest BCUT2D eigenvalue weighted by Crippen LogP contribution is 2.28. The molecule has 138 valence electrons. The van der Waals surface area contributed by atoms with Gasteiger partial charge in [-0.2, -0.15) is 0 Å². The number of nitrogens with zero attached hydrogens (tertiary/aromatic N) is 5. The summed E-state index contributed by atoms with van der Waals surface area (Å²) in [4.78, 5) is 18.1. The third kappa shape index (κ3) is 3.64. The van der Waals surface area contributed by atoms with Gasteiger partial charge in [-0.1, -0.05) is 28.9 Å². The molecule has 0 atom stereocenters. The van der Waals surface area contributed by atoms with E-state index >= 15 is 0 Å². The summed E-state index contributed by atoms with van der Waals surface area (Å²) in [6.45, 7) is 1.54. The zero-order chi connectivity index (χ0) is 18.8. The predicted molar refractivity (Wildman–Crippen MR) is 104 cm³/mol. The molecule has 3 heterocycles. The van der Waals surface area contributed by atoms with Crippen LogP contribution in [0.5, 0.6) is 0 Å². The van der Waals surface area contributed by atoms with Crippen LogP contribution in [0.3, 0.4) is 0 Å². The minimum absolute atomic E-state index is 0.252. The lowest BCUT2D eigenvalue weighted by Crippen LogP contribution is -2.36. The molecule has 0 radical (unpaired) electrons. The third-order valence-electron chi connectivity index (χ3n) is 4.82. The Morgan fingerprint density at radius 2 is 2.00 bits per heavy atom. The molecule has 3 aromatic rings. The highest BCUT2D eigenvalue weighted by Gasteiger charge is 2.25. The Bertz CT molecular complexity index is 964. The Labute approximate surface area is 161 Å². The Balaban J connectivity index is 1.47. The maximum atomic E-state index is 11.6. The number of primary amides is 1. The number of carbonyl (C=O) groups is 1. The monoisotopic (exact) mass is 382 g/mol. The van der Waals surface area contributed by atoms with E-state index in [9.17, 15) is 4.79 Å². The molecule has 2 aromatic heterocycles. The van der Waals surface area contributed by atoms with Gasteiger partial charge in [0.1, 0.15) is 11.5 Å². The molecule has 0 unspecified atom stereocenters. The summed E-state index contributed by atoms with van der Waals surface area (Å²) in [6.07, 6.45) is 5.41. The van der Waals surface area contributed by atoms with Gasteiger partial charge < -0.3 is 10.6 Å². The van der Waals surface area contributed by atoms with E-state index in [2.05, 4.69) is 20.2 Å². The fraction of sp³-hybridized carbons (Fsp3) is 0.263. The fourth-order valence-electron chi connectivity index (χ4n) is 3.42. The first kappa shape index (κ1) is 17.5. The number of amides is 1. The molecule has 1 aromatic carbocycles. The van der Waals surface area contributed by atoms with Crippen molar-refractivity contribution in [2.45, 2.75) is 18.9 Å². The van der Waals surface area contributed by atoms with Gasteiger partial charge in [0, 0.05) is 29.9 Å². The van der Waals surface area contributed by atoms with Crippen molar-refractivity contribution in [2.24, 2.45) is 5.73 Å². The smallest absolute Gasteiger partial charge is 0.252 e. The number of halogens is 1. The SMILES string of the molecule is NC(=O)c1cccnc1N1CCC(n2cc(-c3cccc(Cl)c3)nn2)CC1. The Morgan fingerprint density at radius 3 is 2.74 bits per heavy atom. The van der Waals surface area contributed by atoms with E-state index in [1.165, 1.54) is 0 Å². The van der Waals surface area contributed by atoms with Crippen molar-refractivity contribution in [3.05, 3.63) is 59.4 Å². The van der Waals surface area contributed by atoms with Gasteiger partial charge in [-0.05, 0) is 37.1 Å². The molecule has 4 rings (SSSR count).